The number of sulfone groups is 1. The van der Waals surface area contributed by atoms with E-state index in [4.69, 9.17) is 9.15 Å². The molecule has 5 aromatic rings. The van der Waals surface area contributed by atoms with Crippen molar-refractivity contribution in [1.82, 2.24) is 4.31 Å². The predicted molar refractivity (Wildman–Crippen MR) is 182 cm³/mol. The highest BCUT2D eigenvalue weighted by molar-refractivity contribution is 7.92. The van der Waals surface area contributed by atoms with Crippen LogP contribution in [0.25, 0.3) is 11.1 Å². The summed E-state index contributed by atoms with van der Waals surface area (Å²) in [5.41, 5.74) is 3.45. The number of esters is 1. The van der Waals surface area contributed by atoms with Gasteiger partial charge in [-0.15, -0.1) is 0 Å². The first kappa shape index (κ1) is 37.1. The molecule has 4 aromatic carbocycles. The van der Waals surface area contributed by atoms with Crippen LogP contribution in [0.5, 0.6) is 0 Å². The minimum atomic E-state index is -4.90. The molecule has 0 radical (unpaired) electrons. The molecule has 14 heteroatoms. The third kappa shape index (κ3) is 8.58. The maximum atomic E-state index is 14.1. The van der Waals surface area contributed by atoms with E-state index in [9.17, 15) is 39.6 Å². The van der Waals surface area contributed by atoms with Gasteiger partial charge in [0.2, 0.25) is 5.76 Å². The monoisotopic (exact) mass is 739 g/mol. The molecule has 0 atom stereocenters. The molecule has 0 saturated carbocycles. The summed E-state index contributed by atoms with van der Waals surface area (Å²) in [7, 11) is -8.71. The van der Waals surface area contributed by atoms with Crippen LogP contribution in [-0.4, -0.2) is 38.8 Å². The van der Waals surface area contributed by atoms with E-state index in [-0.39, 0.29) is 16.4 Å². The van der Waals surface area contributed by atoms with Crippen LogP contribution < -0.4 is 0 Å². The molecule has 51 heavy (non-hydrogen) atoms. The average molecular weight is 740 g/mol. The standard InChI is InChI=1S/C37H32F3NO8S2/c1-24-18-25(2)35(26(3)19-24)51(46,47)41(36(43)32-16-17-33(49-32)37(38,39)40)21-27-12-14-29(15-13-27)30-10-7-11-31(20-30)50(44,45)23-34(42)48-22-28-8-5-4-6-9-28/h4-20H,21-23H2,1-3H3. The van der Waals surface area contributed by atoms with Crippen LogP contribution in [-0.2, 0) is 48.7 Å². The molecular formula is C37H32F3NO8S2. The Morgan fingerprint density at radius 3 is 2.00 bits per heavy atom. The zero-order valence-corrected chi connectivity index (χ0v) is 29.2. The first-order valence-electron chi connectivity index (χ1n) is 15.4. The minimum absolute atomic E-state index is 0.0771. The van der Waals surface area contributed by atoms with Gasteiger partial charge in [-0.2, -0.15) is 13.2 Å². The SMILES string of the molecule is Cc1cc(C)c(S(=O)(=O)N(Cc2ccc(-c3cccc(S(=O)(=O)CC(=O)OCc4ccccc4)c3)cc2)C(=O)c2ccc(C(F)(F)F)o2)c(C)c1. The predicted octanol–water partition coefficient (Wildman–Crippen LogP) is 7.44. The van der Waals surface area contributed by atoms with Crippen molar-refractivity contribution < 1.29 is 48.7 Å². The van der Waals surface area contributed by atoms with Gasteiger partial charge in [-0.05, 0) is 78.4 Å². The number of carbonyl (C=O) groups excluding carboxylic acids is 2. The Labute approximate surface area is 293 Å². The molecule has 1 heterocycles. The Bertz CT molecular complexity index is 2280. The zero-order valence-electron chi connectivity index (χ0n) is 27.6. The summed E-state index contributed by atoms with van der Waals surface area (Å²) >= 11 is 0. The molecule has 0 aliphatic heterocycles. The average Bonchev–Trinajstić information content (AvgIpc) is 3.58. The number of hydrogen-bond donors (Lipinski definition) is 0. The number of amides is 1. The maximum absolute atomic E-state index is 14.1. The smallest absolute Gasteiger partial charge is 0.449 e. The first-order valence-corrected chi connectivity index (χ1v) is 18.5. The van der Waals surface area contributed by atoms with Crippen LogP contribution in [0.4, 0.5) is 13.2 Å². The number of hydrogen-bond acceptors (Lipinski definition) is 8. The Balaban J connectivity index is 1.40. The second kappa shape index (κ2) is 14.6. The van der Waals surface area contributed by atoms with Gasteiger partial charge in [0.1, 0.15) is 6.61 Å². The summed E-state index contributed by atoms with van der Waals surface area (Å²) in [4.78, 5) is 25.7. The van der Waals surface area contributed by atoms with E-state index in [2.05, 4.69) is 0 Å². The van der Waals surface area contributed by atoms with Crippen LogP contribution in [0.1, 0.15) is 44.1 Å². The summed E-state index contributed by atoms with van der Waals surface area (Å²) in [6.07, 6.45) is -4.90. The molecule has 0 unspecified atom stereocenters. The number of furan rings is 1. The molecule has 1 aromatic heterocycles. The number of nitrogens with zero attached hydrogens (tertiary/aromatic N) is 1. The number of ether oxygens (including phenoxy) is 1. The Morgan fingerprint density at radius 1 is 0.745 bits per heavy atom. The quantitative estimate of drug-likeness (QED) is 0.128. The van der Waals surface area contributed by atoms with Crippen molar-refractivity contribution in [2.75, 3.05) is 5.75 Å². The van der Waals surface area contributed by atoms with Gasteiger partial charge in [0.15, 0.2) is 21.4 Å². The normalized spacial score (nSPS) is 12.0. The lowest BCUT2D eigenvalue weighted by Crippen LogP contribution is -2.37. The van der Waals surface area contributed by atoms with Crippen molar-refractivity contribution >= 4 is 31.7 Å². The van der Waals surface area contributed by atoms with Crippen molar-refractivity contribution in [1.29, 1.82) is 0 Å². The molecule has 0 aliphatic rings. The van der Waals surface area contributed by atoms with E-state index in [0.717, 1.165) is 11.6 Å². The molecule has 0 spiro atoms. The van der Waals surface area contributed by atoms with E-state index in [1.165, 1.54) is 30.3 Å². The van der Waals surface area contributed by atoms with Gasteiger partial charge in [-0.1, -0.05) is 84.4 Å². The van der Waals surface area contributed by atoms with E-state index in [1.807, 2.05) is 0 Å². The van der Waals surface area contributed by atoms with E-state index < -0.39 is 61.7 Å². The fourth-order valence-corrected chi connectivity index (χ4v) is 8.47. The highest BCUT2D eigenvalue weighted by atomic mass is 32.2. The highest BCUT2D eigenvalue weighted by Crippen LogP contribution is 2.33. The van der Waals surface area contributed by atoms with Crippen LogP contribution in [0.3, 0.4) is 0 Å². The highest BCUT2D eigenvalue weighted by Gasteiger charge is 2.38. The number of alkyl halides is 3. The summed E-state index contributed by atoms with van der Waals surface area (Å²) in [5.74, 6) is -5.35. The van der Waals surface area contributed by atoms with Gasteiger partial charge in [-0.3, -0.25) is 9.59 Å². The van der Waals surface area contributed by atoms with Gasteiger partial charge in [0.05, 0.1) is 16.3 Å². The molecule has 266 valence electrons. The van der Waals surface area contributed by atoms with Gasteiger partial charge < -0.3 is 9.15 Å². The largest absolute Gasteiger partial charge is 0.460 e. The lowest BCUT2D eigenvalue weighted by Gasteiger charge is -2.24. The van der Waals surface area contributed by atoms with Crippen LogP contribution >= 0.6 is 0 Å². The molecule has 9 nitrogen and oxygen atoms in total. The summed E-state index contributed by atoms with van der Waals surface area (Å²) in [6.45, 7) is 4.25. The summed E-state index contributed by atoms with van der Waals surface area (Å²) < 4.78 is 104. The van der Waals surface area contributed by atoms with Crippen LogP contribution in [0.15, 0.2) is 117 Å². The molecule has 0 fully saturated rings. The second-order valence-corrected chi connectivity index (χ2v) is 15.6. The lowest BCUT2D eigenvalue weighted by molar-refractivity contribution is -0.153. The third-order valence-electron chi connectivity index (χ3n) is 7.83. The fourth-order valence-electron chi connectivity index (χ4n) is 5.53. The zero-order chi connectivity index (χ0) is 37.1. The van der Waals surface area contributed by atoms with Crippen molar-refractivity contribution in [2.45, 2.75) is 49.9 Å². The molecular weight excluding hydrogens is 708 g/mol. The fraction of sp³-hybridized carbons (Fsp3) is 0.189. The number of sulfonamides is 1. The summed E-state index contributed by atoms with van der Waals surface area (Å²) in [5, 5.41) is 0. The molecule has 0 bridgehead atoms. The Kier molecular flexibility index (Phi) is 10.6. The van der Waals surface area contributed by atoms with Gasteiger partial charge in [0, 0.05) is 0 Å². The third-order valence-corrected chi connectivity index (χ3v) is 11.5. The molecule has 0 saturated heterocycles. The number of benzene rings is 4. The Morgan fingerprint density at radius 2 is 1.39 bits per heavy atom. The van der Waals surface area contributed by atoms with Crippen molar-refractivity contribution in [3.63, 3.8) is 0 Å². The van der Waals surface area contributed by atoms with Crippen molar-refractivity contribution in [2.24, 2.45) is 0 Å². The number of aryl methyl sites for hydroxylation is 3. The summed E-state index contributed by atoms with van der Waals surface area (Å²) in [6, 6.07) is 25.4. The van der Waals surface area contributed by atoms with E-state index in [0.29, 0.717) is 43.8 Å². The minimum Gasteiger partial charge on any atom is -0.460 e. The number of rotatable bonds is 11. The van der Waals surface area contributed by atoms with E-state index in [1.54, 1.807) is 81.4 Å². The molecule has 0 N–H and O–H groups in total. The van der Waals surface area contributed by atoms with Crippen LogP contribution in [0.2, 0.25) is 0 Å². The van der Waals surface area contributed by atoms with E-state index >= 15 is 0 Å². The molecule has 1 amide bonds. The van der Waals surface area contributed by atoms with Crippen molar-refractivity contribution in [3.8, 4) is 11.1 Å². The second-order valence-electron chi connectivity index (χ2n) is 11.8. The molecule has 5 rings (SSSR count). The van der Waals surface area contributed by atoms with Gasteiger partial charge in [-0.25, -0.2) is 21.1 Å². The topological polar surface area (TPSA) is 128 Å². The number of carbonyl (C=O) groups is 2. The van der Waals surface area contributed by atoms with Crippen LogP contribution in [0, 0.1) is 20.8 Å². The van der Waals surface area contributed by atoms with Gasteiger partial charge >= 0.3 is 18.1 Å². The lowest BCUT2D eigenvalue weighted by atomic mass is 10.0. The maximum Gasteiger partial charge on any atom is 0.449 e. The van der Waals surface area contributed by atoms with Gasteiger partial charge in [0.25, 0.3) is 10.0 Å². The first-order chi connectivity index (χ1) is 24.0. The Hall–Kier alpha value is -5.21. The molecule has 0 aliphatic carbocycles. The van der Waals surface area contributed by atoms with Crippen molar-refractivity contribution in [3.05, 3.63) is 142 Å². The number of halogens is 3.